The highest BCUT2D eigenvalue weighted by Gasteiger charge is 2.21. The SMILES string of the molecule is CN=C(NCCCN(C)CCOC)N1CCC(Cc2ccccc2)CC1. The zero-order valence-corrected chi connectivity index (χ0v) is 16.8. The lowest BCUT2D eigenvalue weighted by Crippen LogP contribution is -2.46. The standard InChI is InChI=1S/C21H36N4O/c1-22-21(23-12-7-13-24(2)16-17-26-3)25-14-10-20(11-15-25)18-19-8-5-4-6-9-19/h4-6,8-9,20H,7,10-18H2,1-3H3,(H,22,23). The van der Waals surface area contributed by atoms with E-state index >= 15 is 0 Å². The van der Waals surface area contributed by atoms with Crippen LogP contribution in [0.15, 0.2) is 35.3 Å². The summed E-state index contributed by atoms with van der Waals surface area (Å²) in [6.45, 7) is 6.03. The number of nitrogens with zero attached hydrogens (tertiary/aromatic N) is 3. The van der Waals surface area contributed by atoms with Crippen molar-refractivity contribution in [2.24, 2.45) is 10.9 Å². The molecule has 1 aromatic carbocycles. The van der Waals surface area contributed by atoms with Gasteiger partial charge in [0, 0.05) is 40.3 Å². The first kappa shape index (κ1) is 20.7. The van der Waals surface area contributed by atoms with Crippen LogP contribution in [-0.2, 0) is 11.2 Å². The first-order valence-corrected chi connectivity index (χ1v) is 9.90. The largest absolute Gasteiger partial charge is 0.383 e. The molecule has 0 radical (unpaired) electrons. The maximum Gasteiger partial charge on any atom is 0.193 e. The molecule has 146 valence electrons. The lowest BCUT2D eigenvalue weighted by atomic mass is 9.90. The van der Waals surface area contributed by atoms with Crippen LogP contribution in [0.4, 0.5) is 0 Å². The van der Waals surface area contributed by atoms with Crippen LogP contribution in [0.3, 0.4) is 0 Å². The number of hydrogen-bond donors (Lipinski definition) is 1. The van der Waals surface area contributed by atoms with E-state index < -0.39 is 0 Å². The molecule has 1 aliphatic rings. The van der Waals surface area contributed by atoms with Gasteiger partial charge in [0.2, 0.25) is 0 Å². The Morgan fingerprint density at radius 1 is 1.23 bits per heavy atom. The number of ether oxygens (including phenoxy) is 1. The lowest BCUT2D eigenvalue weighted by molar-refractivity contribution is 0.161. The van der Waals surface area contributed by atoms with E-state index in [2.05, 4.69) is 57.5 Å². The fourth-order valence-corrected chi connectivity index (χ4v) is 3.54. The summed E-state index contributed by atoms with van der Waals surface area (Å²) in [6, 6.07) is 10.9. The van der Waals surface area contributed by atoms with Crippen LogP contribution in [0.1, 0.15) is 24.8 Å². The molecule has 1 fully saturated rings. The summed E-state index contributed by atoms with van der Waals surface area (Å²) in [4.78, 5) is 9.21. The maximum absolute atomic E-state index is 5.12. The van der Waals surface area contributed by atoms with Gasteiger partial charge in [0.15, 0.2) is 5.96 Å². The van der Waals surface area contributed by atoms with Crippen molar-refractivity contribution in [3.05, 3.63) is 35.9 Å². The summed E-state index contributed by atoms with van der Waals surface area (Å²) in [5, 5.41) is 3.53. The molecule has 0 amide bonds. The zero-order valence-electron chi connectivity index (χ0n) is 16.8. The quantitative estimate of drug-likeness (QED) is 0.417. The molecule has 0 aliphatic carbocycles. The van der Waals surface area contributed by atoms with Gasteiger partial charge in [-0.15, -0.1) is 0 Å². The monoisotopic (exact) mass is 360 g/mol. The topological polar surface area (TPSA) is 40.1 Å². The van der Waals surface area contributed by atoms with Gasteiger partial charge in [0.25, 0.3) is 0 Å². The predicted octanol–water partition coefficient (Wildman–Crippen LogP) is 2.48. The van der Waals surface area contributed by atoms with E-state index in [9.17, 15) is 0 Å². The highest BCUT2D eigenvalue weighted by atomic mass is 16.5. The molecule has 1 heterocycles. The molecule has 1 aliphatic heterocycles. The van der Waals surface area contributed by atoms with Crippen LogP contribution in [0, 0.1) is 5.92 Å². The number of piperidine rings is 1. The van der Waals surface area contributed by atoms with Crippen molar-refractivity contribution in [2.75, 3.05) is 60.5 Å². The molecule has 1 N–H and O–H groups in total. The minimum absolute atomic E-state index is 0.793. The van der Waals surface area contributed by atoms with Gasteiger partial charge in [-0.2, -0.15) is 0 Å². The highest BCUT2D eigenvalue weighted by molar-refractivity contribution is 5.79. The fraction of sp³-hybridized carbons (Fsp3) is 0.667. The van der Waals surface area contributed by atoms with Crippen LogP contribution in [0.2, 0.25) is 0 Å². The molecular weight excluding hydrogens is 324 g/mol. The summed E-state index contributed by atoms with van der Waals surface area (Å²) in [7, 11) is 5.79. The first-order chi connectivity index (χ1) is 12.7. The fourth-order valence-electron chi connectivity index (χ4n) is 3.54. The molecule has 0 saturated carbocycles. The average Bonchev–Trinajstić information content (AvgIpc) is 2.68. The number of nitrogens with one attached hydrogen (secondary N) is 1. The lowest BCUT2D eigenvalue weighted by Gasteiger charge is -2.34. The van der Waals surface area contributed by atoms with Gasteiger partial charge in [0.05, 0.1) is 6.61 Å². The first-order valence-electron chi connectivity index (χ1n) is 9.90. The highest BCUT2D eigenvalue weighted by Crippen LogP contribution is 2.21. The second-order valence-electron chi connectivity index (χ2n) is 7.24. The van der Waals surface area contributed by atoms with Crippen LogP contribution < -0.4 is 5.32 Å². The van der Waals surface area contributed by atoms with Crippen molar-refractivity contribution in [2.45, 2.75) is 25.7 Å². The molecule has 1 aromatic rings. The Kier molecular flexibility index (Phi) is 9.50. The number of likely N-dealkylation sites (tertiary alicyclic amines) is 1. The van der Waals surface area contributed by atoms with Crippen molar-refractivity contribution < 1.29 is 4.74 Å². The number of hydrogen-bond acceptors (Lipinski definition) is 3. The normalized spacial score (nSPS) is 16.3. The second-order valence-corrected chi connectivity index (χ2v) is 7.24. The second kappa shape index (κ2) is 11.9. The van der Waals surface area contributed by atoms with Crippen LogP contribution >= 0.6 is 0 Å². The molecule has 5 heteroatoms. The third-order valence-electron chi connectivity index (χ3n) is 5.17. The van der Waals surface area contributed by atoms with Crippen LogP contribution in [0.5, 0.6) is 0 Å². The Morgan fingerprint density at radius 3 is 2.62 bits per heavy atom. The van der Waals surface area contributed by atoms with Gasteiger partial charge in [0.1, 0.15) is 0 Å². The molecular formula is C21H36N4O. The Hall–Kier alpha value is -1.59. The van der Waals surface area contributed by atoms with Gasteiger partial charge >= 0.3 is 0 Å². The molecule has 0 aromatic heterocycles. The van der Waals surface area contributed by atoms with E-state index in [0.717, 1.165) is 57.6 Å². The van der Waals surface area contributed by atoms with Crippen molar-refractivity contribution in [3.8, 4) is 0 Å². The van der Waals surface area contributed by atoms with E-state index in [4.69, 9.17) is 4.74 Å². The molecule has 5 nitrogen and oxygen atoms in total. The molecule has 26 heavy (non-hydrogen) atoms. The third kappa shape index (κ3) is 7.34. The van der Waals surface area contributed by atoms with E-state index in [1.165, 1.54) is 24.8 Å². The van der Waals surface area contributed by atoms with E-state index in [1.807, 2.05) is 7.05 Å². The van der Waals surface area contributed by atoms with Crippen molar-refractivity contribution in [1.82, 2.24) is 15.1 Å². The predicted molar refractivity (Wildman–Crippen MR) is 110 cm³/mol. The molecule has 0 spiro atoms. The van der Waals surface area contributed by atoms with Gasteiger partial charge < -0.3 is 19.9 Å². The number of guanidine groups is 1. The summed E-state index contributed by atoms with van der Waals surface area (Å²) in [5.74, 6) is 1.85. The Morgan fingerprint density at radius 2 is 1.96 bits per heavy atom. The number of methoxy groups -OCH3 is 1. The van der Waals surface area contributed by atoms with Crippen molar-refractivity contribution in [1.29, 1.82) is 0 Å². The summed E-state index contributed by atoms with van der Waals surface area (Å²) < 4.78 is 5.12. The van der Waals surface area contributed by atoms with Crippen molar-refractivity contribution in [3.63, 3.8) is 0 Å². The number of likely N-dealkylation sites (N-methyl/N-ethyl adjacent to an activating group) is 1. The summed E-state index contributed by atoms with van der Waals surface area (Å²) in [6.07, 6.45) is 4.81. The molecule has 0 unspecified atom stereocenters. The van der Waals surface area contributed by atoms with Crippen molar-refractivity contribution >= 4 is 5.96 Å². The van der Waals surface area contributed by atoms with Gasteiger partial charge in [-0.1, -0.05) is 30.3 Å². The minimum atomic E-state index is 0.793. The molecule has 0 bridgehead atoms. The van der Waals surface area contributed by atoms with Gasteiger partial charge in [-0.05, 0) is 50.8 Å². The summed E-state index contributed by atoms with van der Waals surface area (Å²) >= 11 is 0. The van der Waals surface area contributed by atoms with Crippen LogP contribution in [-0.4, -0.2) is 76.3 Å². The Balaban J connectivity index is 1.65. The Bertz CT molecular complexity index is 512. The van der Waals surface area contributed by atoms with Gasteiger partial charge in [-0.3, -0.25) is 4.99 Å². The number of benzene rings is 1. The molecule has 2 rings (SSSR count). The third-order valence-corrected chi connectivity index (χ3v) is 5.17. The average molecular weight is 361 g/mol. The number of aliphatic imine (C=N–C) groups is 1. The smallest absolute Gasteiger partial charge is 0.193 e. The maximum atomic E-state index is 5.12. The van der Waals surface area contributed by atoms with Gasteiger partial charge in [-0.25, -0.2) is 0 Å². The molecule has 0 atom stereocenters. The molecule has 1 saturated heterocycles. The number of rotatable bonds is 9. The van der Waals surface area contributed by atoms with E-state index in [1.54, 1.807) is 7.11 Å². The van der Waals surface area contributed by atoms with E-state index in [0.29, 0.717) is 0 Å². The zero-order chi connectivity index (χ0) is 18.6. The Labute approximate surface area is 159 Å². The summed E-state index contributed by atoms with van der Waals surface area (Å²) in [5.41, 5.74) is 1.46. The van der Waals surface area contributed by atoms with Crippen LogP contribution in [0.25, 0.3) is 0 Å². The minimum Gasteiger partial charge on any atom is -0.383 e. The van der Waals surface area contributed by atoms with E-state index in [-0.39, 0.29) is 0 Å².